The molecule has 0 aromatic heterocycles. The molecule has 0 radical (unpaired) electrons. The summed E-state index contributed by atoms with van der Waals surface area (Å²) in [6.45, 7) is 1.77. The van der Waals surface area contributed by atoms with Crippen molar-refractivity contribution in [2.75, 3.05) is 34.4 Å². The van der Waals surface area contributed by atoms with Gasteiger partial charge in [0.05, 0.1) is 21.3 Å². The van der Waals surface area contributed by atoms with E-state index in [1.807, 2.05) is 5.01 Å². The van der Waals surface area contributed by atoms with Crippen molar-refractivity contribution in [3.63, 3.8) is 0 Å². The van der Waals surface area contributed by atoms with E-state index in [0.717, 1.165) is 25.9 Å². The number of nitrogens with zero attached hydrogens (tertiary/aromatic N) is 1. The Morgan fingerprint density at radius 3 is 1.95 bits per heavy atom. The van der Waals surface area contributed by atoms with E-state index in [2.05, 4.69) is 5.43 Å². The molecule has 0 unspecified atom stereocenters. The Balaban J connectivity index is 2.17. The zero-order valence-electron chi connectivity index (χ0n) is 13.5. The predicted molar refractivity (Wildman–Crippen MR) is 83.6 cm³/mol. The SMILES string of the molecule is COc1cc(C(=O)NN2CCCCCC2)cc(OC)c1OC. The highest BCUT2D eigenvalue weighted by molar-refractivity contribution is 5.95. The van der Waals surface area contributed by atoms with Gasteiger partial charge in [0.1, 0.15) is 0 Å². The molecule has 0 saturated carbocycles. The number of carbonyl (C=O) groups is 1. The smallest absolute Gasteiger partial charge is 0.265 e. The first-order chi connectivity index (χ1) is 10.7. The molecule has 1 aromatic carbocycles. The van der Waals surface area contributed by atoms with Crippen molar-refractivity contribution in [2.45, 2.75) is 25.7 Å². The Hall–Kier alpha value is -1.95. The van der Waals surface area contributed by atoms with Crippen molar-refractivity contribution in [2.24, 2.45) is 0 Å². The molecule has 6 heteroatoms. The molecule has 0 aliphatic carbocycles. The van der Waals surface area contributed by atoms with Gasteiger partial charge >= 0.3 is 0 Å². The van der Waals surface area contributed by atoms with Crippen molar-refractivity contribution in [3.05, 3.63) is 17.7 Å². The van der Waals surface area contributed by atoms with E-state index in [1.54, 1.807) is 12.1 Å². The number of benzene rings is 1. The first-order valence-electron chi connectivity index (χ1n) is 7.55. The van der Waals surface area contributed by atoms with Crippen LogP contribution in [0.5, 0.6) is 17.2 Å². The van der Waals surface area contributed by atoms with Crippen molar-refractivity contribution in [1.29, 1.82) is 0 Å². The molecule has 1 aliphatic rings. The van der Waals surface area contributed by atoms with E-state index >= 15 is 0 Å². The van der Waals surface area contributed by atoms with E-state index in [-0.39, 0.29) is 5.91 Å². The molecular formula is C16H24N2O4. The van der Waals surface area contributed by atoms with Crippen LogP contribution in [0.1, 0.15) is 36.0 Å². The summed E-state index contributed by atoms with van der Waals surface area (Å²) < 4.78 is 15.8. The number of ether oxygens (including phenoxy) is 3. The van der Waals surface area contributed by atoms with Gasteiger partial charge in [-0.15, -0.1) is 0 Å². The topological polar surface area (TPSA) is 60.0 Å². The Kier molecular flexibility index (Phi) is 5.89. The maximum absolute atomic E-state index is 12.5. The number of nitrogens with one attached hydrogen (secondary N) is 1. The largest absolute Gasteiger partial charge is 0.493 e. The summed E-state index contributed by atoms with van der Waals surface area (Å²) in [5, 5.41) is 1.98. The average Bonchev–Trinajstić information content (AvgIpc) is 2.81. The summed E-state index contributed by atoms with van der Waals surface area (Å²) in [6, 6.07) is 3.32. The Morgan fingerprint density at radius 2 is 1.50 bits per heavy atom. The predicted octanol–water partition coefficient (Wildman–Crippen LogP) is 2.23. The quantitative estimate of drug-likeness (QED) is 0.904. The monoisotopic (exact) mass is 308 g/mol. The fourth-order valence-electron chi connectivity index (χ4n) is 2.60. The summed E-state index contributed by atoms with van der Waals surface area (Å²) >= 11 is 0. The normalized spacial score (nSPS) is 15.8. The van der Waals surface area contributed by atoms with Crippen molar-refractivity contribution in [1.82, 2.24) is 10.4 Å². The van der Waals surface area contributed by atoms with Gasteiger partial charge < -0.3 is 14.2 Å². The number of carbonyl (C=O) groups excluding carboxylic acids is 1. The highest BCUT2D eigenvalue weighted by Crippen LogP contribution is 2.38. The van der Waals surface area contributed by atoms with Crippen LogP contribution in [0.3, 0.4) is 0 Å². The second-order valence-electron chi connectivity index (χ2n) is 5.26. The van der Waals surface area contributed by atoms with Crippen LogP contribution in [-0.4, -0.2) is 45.3 Å². The third-order valence-electron chi connectivity index (χ3n) is 3.79. The first kappa shape index (κ1) is 16.4. The molecule has 1 aromatic rings. The molecule has 6 nitrogen and oxygen atoms in total. The van der Waals surface area contributed by atoms with E-state index in [4.69, 9.17) is 14.2 Å². The minimum Gasteiger partial charge on any atom is -0.493 e. The third kappa shape index (κ3) is 3.82. The highest BCUT2D eigenvalue weighted by Gasteiger charge is 2.19. The summed E-state index contributed by atoms with van der Waals surface area (Å²) in [5.41, 5.74) is 3.44. The van der Waals surface area contributed by atoms with E-state index < -0.39 is 0 Å². The van der Waals surface area contributed by atoms with Crippen LogP contribution in [-0.2, 0) is 0 Å². The highest BCUT2D eigenvalue weighted by atomic mass is 16.5. The van der Waals surface area contributed by atoms with Gasteiger partial charge in [-0.1, -0.05) is 12.8 Å². The Morgan fingerprint density at radius 1 is 0.955 bits per heavy atom. The van der Waals surface area contributed by atoms with Gasteiger partial charge in [0.15, 0.2) is 11.5 Å². The number of hydrogen-bond donors (Lipinski definition) is 1. The lowest BCUT2D eigenvalue weighted by atomic mass is 10.1. The van der Waals surface area contributed by atoms with Crippen molar-refractivity contribution in [3.8, 4) is 17.2 Å². The molecule has 1 saturated heterocycles. The van der Waals surface area contributed by atoms with Crippen LogP contribution in [0.25, 0.3) is 0 Å². The third-order valence-corrected chi connectivity index (χ3v) is 3.79. The minimum absolute atomic E-state index is 0.166. The second-order valence-corrected chi connectivity index (χ2v) is 5.26. The molecule has 1 heterocycles. The van der Waals surface area contributed by atoms with Gasteiger partial charge in [-0.25, -0.2) is 5.01 Å². The maximum atomic E-state index is 12.5. The van der Waals surface area contributed by atoms with Crippen LogP contribution in [0.15, 0.2) is 12.1 Å². The summed E-state index contributed by atoms with van der Waals surface area (Å²) in [6.07, 6.45) is 4.65. The van der Waals surface area contributed by atoms with Crippen molar-refractivity contribution >= 4 is 5.91 Å². The Bertz CT molecular complexity index is 486. The van der Waals surface area contributed by atoms with Crippen molar-refractivity contribution < 1.29 is 19.0 Å². The van der Waals surface area contributed by atoms with Crippen LogP contribution >= 0.6 is 0 Å². The number of methoxy groups -OCH3 is 3. The molecule has 0 atom stereocenters. The number of hydrazine groups is 1. The van der Waals surface area contributed by atoms with Gasteiger partial charge in [-0.2, -0.15) is 0 Å². The molecule has 122 valence electrons. The molecule has 0 spiro atoms. The van der Waals surface area contributed by atoms with E-state index in [9.17, 15) is 4.79 Å². The van der Waals surface area contributed by atoms with Crippen LogP contribution < -0.4 is 19.6 Å². The number of amides is 1. The molecular weight excluding hydrogens is 284 g/mol. The van der Waals surface area contributed by atoms with Gasteiger partial charge in [0, 0.05) is 18.7 Å². The van der Waals surface area contributed by atoms with E-state index in [1.165, 1.54) is 34.2 Å². The van der Waals surface area contributed by atoms with Gasteiger partial charge in [0.2, 0.25) is 5.75 Å². The lowest BCUT2D eigenvalue weighted by Gasteiger charge is -2.21. The van der Waals surface area contributed by atoms with Gasteiger partial charge in [0.25, 0.3) is 5.91 Å². The summed E-state index contributed by atoms with van der Waals surface area (Å²) in [4.78, 5) is 12.5. The van der Waals surface area contributed by atoms with Gasteiger partial charge in [-0.05, 0) is 25.0 Å². The van der Waals surface area contributed by atoms with Crippen LogP contribution in [0.4, 0.5) is 0 Å². The molecule has 1 fully saturated rings. The summed E-state index contributed by atoms with van der Waals surface area (Å²) in [7, 11) is 4.61. The van der Waals surface area contributed by atoms with Crippen LogP contribution in [0, 0.1) is 0 Å². The molecule has 2 rings (SSSR count). The number of hydrogen-bond acceptors (Lipinski definition) is 5. The molecule has 22 heavy (non-hydrogen) atoms. The fraction of sp³-hybridized carbons (Fsp3) is 0.562. The molecule has 1 N–H and O–H groups in total. The lowest BCUT2D eigenvalue weighted by Crippen LogP contribution is -2.42. The Labute approximate surface area is 131 Å². The molecule has 0 bridgehead atoms. The van der Waals surface area contributed by atoms with E-state index in [0.29, 0.717) is 22.8 Å². The lowest BCUT2D eigenvalue weighted by molar-refractivity contribution is 0.0793. The van der Waals surface area contributed by atoms with Crippen LogP contribution in [0.2, 0.25) is 0 Å². The zero-order valence-corrected chi connectivity index (χ0v) is 13.5. The zero-order chi connectivity index (χ0) is 15.9. The minimum atomic E-state index is -0.166. The average molecular weight is 308 g/mol. The molecule has 1 amide bonds. The maximum Gasteiger partial charge on any atom is 0.265 e. The summed E-state index contributed by atoms with van der Waals surface area (Å²) in [5.74, 6) is 1.27. The molecule has 1 aliphatic heterocycles. The first-order valence-corrected chi connectivity index (χ1v) is 7.55. The van der Waals surface area contributed by atoms with Gasteiger partial charge in [-0.3, -0.25) is 10.2 Å². The number of rotatable bonds is 5. The standard InChI is InChI=1S/C16H24N2O4/c1-20-13-10-12(11-14(21-2)15(13)22-3)16(19)17-18-8-6-4-5-7-9-18/h10-11H,4-9H2,1-3H3,(H,17,19). The fourth-order valence-corrected chi connectivity index (χ4v) is 2.60. The second kappa shape index (κ2) is 7.89.